The van der Waals surface area contributed by atoms with E-state index in [-0.39, 0.29) is 12.5 Å². The summed E-state index contributed by atoms with van der Waals surface area (Å²) in [6.07, 6.45) is 1.87. The molecule has 0 radical (unpaired) electrons. The van der Waals surface area contributed by atoms with Crippen LogP contribution in [0.4, 0.5) is 5.69 Å². The van der Waals surface area contributed by atoms with Crippen LogP contribution in [-0.2, 0) is 24.2 Å². The van der Waals surface area contributed by atoms with Crippen molar-refractivity contribution < 1.29 is 14.3 Å². The maximum Gasteiger partial charge on any atom is 0.257 e. The Bertz CT molecular complexity index is 1020. The first-order valence-electron chi connectivity index (χ1n) is 10.7. The van der Waals surface area contributed by atoms with Crippen LogP contribution in [0, 0.1) is 0 Å². The first-order chi connectivity index (χ1) is 15.2. The summed E-state index contributed by atoms with van der Waals surface area (Å²) in [5.74, 6) is 1.04. The van der Waals surface area contributed by atoms with Gasteiger partial charge in [0.25, 0.3) is 5.91 Å². The molecule has 0 spiro atoms. The fourth-order valence-electron chi connectivity index (χ4n) is 3.87. The Balaban J connectivity index is 1.22. The lowest BCUT2D eigenvalue weighted by Crippen LogP contribution is -2.31. The molecule has 0 unspecified atom stereocenters. The third-order valence-electron chi connectivity index (χ3n) is 5.60. The molecule has 1 N–H and O–H groups in total. The molecule has 31 heavy (non-hydrogen) atoms. The molecule has 3 aromatic carbocycles. The molecule has 1 aliphatic rings. The van der Waals surface area contributed by atoms with Crippen LogP contribution in [0.1, 0.15) is 16.7 Å². The quantitative estimate of drug-likeness (QED) is 0.603. The van der Waals surface area contributed by atoms with Gasteiger partial charge in [-0.3, -0.25) is 4.79 Å². The number of para-hydroxylation sites is 2. The maximum atomic E-state index is 12.1. The van der Waals surface area contributed by atoms with Gasteiger partial charge in [-0.05, 0) is 53.8 Å². The standard InChI is InChI=1S/C26H28N2O3/c1-30-24-8-4-5-9-25(24)31-19-26(29)27-16-14-20-10-12-23(13-11-20)28-17-15-21-6-2-3-7-22(21)18-28/h2-13H,14-19H2,1H3,(H,27,29). The van der Waals surface area contributed by atoms with Crippen LogP contribution in [0.3, 0.4) is 0 Å². The van der Waals surface area contributed by atoms with E-state index in [9.17, 15) is 4.79 Å². The fraction of sp³-hybridized carbons (Fsp3) is 0.269. The van der Waals surface area contributed by atoms with Crippen molar-refractivity contribution in [3.8, 4) is 11.5 Å². The predicted molar refractivity (Wildman–Crippen MR) is 123 cm³/mol. The van der Waals surface area contributed by atoms with Crippen molar-refractivity contribution in [1.82, 2.24) is 5.32 Å². The zero-order chi connectivity index (χ0) is 21.5. The van der Waals surface area contributed by atoms with E-state index in [4.69, 9.17) is 9.47 Å². The molecule has 3 aromatic rings. The summed E-state index contributed by atoms with van der Waals surface area (Å²) in [5.41, 5.74) is 5.32. The van der Waals surface area contributed by atoms with Crippen molar-refractivity contribution >= 4 is 11.6 Å². The highest BCUT2D eigenvalue weighted by molar-refractivity contribution is 5.77. The van der Waals surface area contributed by atoms with Crippen molar-refractivity contribution in [2.24, 2.45) is 0 Å². The van der Waals surface area contributed by atoms with Crippen molar-refractivity contribution in [2.75, 3.05) is 31.7 Å². The molecule has 1 aliphatic heterocycles. The predicted octanol–water partition coefficient (Wildman–Crippen LogP) is 4.00. The Morgan fingerprint density at radius 3 is 2.42 bits per heavy atom. The van der Waals surface area contributed by atoms with E-state index >= 15 is 0 Å². The van der Waals surface area contributed by atoms with E-state index in [0.717, 1.165) is 25.9 Å². The first kappa shape index (κ1) is 20.8. The van der Waals surface area contributed by atoms with E-state index in [2.05, 4.69) is 58.7 Å². The Labute approximate surface area is 183 Å². The van der Waals surface area contributed by atoms with Crippen LogP contribution in [0.5, 0.6) is 11.5 Å². The summed E-state index contributed by atoms with van der Waals surface area (Å²) < 4.78 is 10.8. The minimum atomic E-state index is -0.144. The second kappa shape index (κ2) is 10.0. The summed E-state index contributed by atoms with van der Waals surface area (Å²) in [4.78, 5) is 14.5. The lowest BCUT2D eigenvalue weighted by molar-refractivity contribution is -0.123. The molecule has 0 saturated heterocycles. The molecule has 1 amide bonds. The molecule has 0 fully saturated rings. The van der Waals surface area contributed by atoms with Crippen LogP contribution in [0.25, 0.3) is 0 Å². The number of nitrogens with zero attached hydrogens (tertiary/aromatic N) is 1. The van der Waals surface area contributed by atoms with Gasteiger partial charge in [-0.1, -0.05) is 48.5 Å². The van der Waals surface area contributed by atoms with E-state index in [1.807, 2.05) is 12.1 Å². The summed E-state index contributed by atoms with van der Waals surface area (Å²) in [7, 11) is 1.58. The Morgan fingerprint density at radius 2 is 1.65 bits per heavy atom. The van der Waals surface area contributed by atoms with Gasteiger partial charge in [-0.15, -0.1) is 0 Å². The molecule has 160 valence electrons. The zero-order valence-corrected chi connectivity index (χ0v) is 17.8. The molecule has 5 nitrogen and oxygen atoms in total. The molecule has 0 atom stereocenters. The van der Waals surface area contributed by atoms with Gasteiger partial charge < -0.3 is 19.7 Å². The van der Waals surface area contributed by atoms with Gasteiger partial charge in [0.1, 0.15) is 0 Å². The highest BCUT2D eigenvalue weighted by Crippen LogP contribution is 2.26. The number of fused-ring (bicyclic) bond motifs is 1. The molecule has 0 aliphatic carbocycles. The average Bonchev–Trinajstić information content (AvgIpc) is 2.83. The van der Waals surface area contributed by atoms with Gasteiger partial charge in [-0.2, -0.15) is 0 Å². The van der Waals surface area contributed by atoms with E-state index < -0.39 is 0 Å². The number of ether oxygens (including phenoxy) is 2. The van der Waals surface area contributed by atoms with Crippen molar-refractivity contribution in [3.05, 3.63) is 89.5 Å². The lowest BCUT2D eigenvalue weighted by atomic mass is 9.99. The third-order valence-corrected chi connectivity index (χ3v) is 5.60. The smallest absolute Gasteiger partial charge is 0.257 e. The Hall–Kier alpha value is -3.47. The highest BCUT2D eigenvalue weighted by Gasteiger charge is 2.15. The third kappa shape index (κ3) is 5.37. The fourth-order valence-corrected chi connectivity index (χ4v) is 3.87. The SMILES string of the molecule is COc1ccccc1OCC(=O)NCCc1ccc(N2CCc3ccccc3C2)cc1. The molecular weight excluding hydrogens is 388 g/mol. The Kier molecular flexibility index (Phi) is 6.72. The van der Waals surface area contributed by atoms with Crippen LogP contribution < -0.4 is 19.7 Å². The first-order valence-corrected chi connectivity index (χ1v) is 10.7. The van der Waals surface area contributed by atoms with Crippen molar-refractivity contribution in [3.63, 3.8) is 0 Å². The summed E-state index contributed by atoms with van der Waals surface area (Å²) in [6.45, 7) is 2.54. The molecule has 0 aromatic heterocycles. The van der Waals surface area contributed by atoms with E-state index in [1.54, 1.807) is 19.2 Å². The highest BCUT2D eigenvalue weighted by atomic mass is 16.5. The summed E-state index contributed by atoms with van der Waals surface area (Å²) in [5, 5.41) is 2.91. The van der Waals surface area contributed by atoms with Gasteiger partial charge in [0, 0.05) is 25.3 Å². The summed E-state index contributed by atoms with van der Waals surface area (Å²) >= 11 is 0. The van der Waals surface area contributed by atoms with Gasteiger partial charge >= 0.3 is 0 Å². The largest absolute Gasteiger partial charge is 0.493 e. The second-order valence-corrected chi connectivity index (χ2v) is 7.65. The number of anilines is 1. The number of benzene rings is 3. The van der Waals surface area contributed by atoms with Crippen LogP contribution in [0.15, 0.2) is 72.8 Å². The van der Waals surface area contributed by atoms with Gasteiger partial charge in [0.05, 0.1) is 7.11 Å². The van der Waals surface area contributed by atoms with E-state index in [1.165, 1.54) is 22.4 Å². The second-order valence-electron chi connectivity index (χ2n) is 7.65. The topological polar surface area (TPSA) is 50.8 Å². The number of carbonyl (C=O) groups is 1. The number of nitrogens with one attached hydrogen (secondary N) is 1. The van der Waals surface area contributed by atoms with Crippen LogP contribution in [-0.4, -0.2) is 32.7 Å². The lowest BCUT2D eigenvalue weighted by Gasteiger charge is -2.30. The molecular formula is C26H28N2O3. The molecule has 4 rings (SSSR count). The molecule has 0 saturated carbocycles. The minimum Gasteiger partial charge on any atom is -0.493 e. The number of rotatable bonds is 8. The maximum absolute atomic E-state index is 12.1. The van der Waals surface area contributed by atoms with Gasteiger partial charge in [-0.25, -0.2) is 0 Å². The Morgan fingerprint density at radius 1 is 0.935 bits per heavy atom. The molecule has 5 heteroatoms. The zero-order valence-electron chi connectivity index (χ0n) is 17.8. The minimum absolute atomic E-state index is 0.0320. The van der Waals surface area contributed by atoms with Gasteiger partial charge in [0.15, 0.2) is 18.1 Å². The number of amides is 1. The number of carbonyl (C=O) groups excluding carboxylic acids is 1. The molecule has 0 bridgehead atoms. The average molecular weight is 417 g/mol. The van der Waals surface area contributed by atoms with Crippen LogP contribution in [0.2, 0.25) is 0 Å². The normalized spacial score (nSPS) is 12.7. The molecule has 1 heterocycles. The number of hydrogen-bond acceptors (Lipinski definition) is 4. The van der Waals surface area contributed by atoms with Crippen molar-refractivity contribution in [1.29, 1.82) is 0 Å². The van der Waals surface area contributed by atoms with Gasteiger partial charge in [0.2, 0.25) is 0 Å². The monoisotopic (exact) mass is 416 g/mol. The van der Waals surface area contributed by atoms with Crippen LogP contribution >= 0.6 is 0 Å². The summed E-state index contributed by atoms with van der Waals surface area (Å²) in [6, 6.07) is 24.6. The van der Waals surface area contributed by atoms with E-state index in [0.29, 0.717) is 18.0 Å². The number of hydrogen-bond donors (Lipinski definition) is 1. The van der Waals surface area contributed by atoms with Crippen molar-refractivity contribution in [2.45, 2.75) is 19.4 Å². The number of methoxy groups -OCH3 is 1.